The number of pyridine rings is 1. The van der Waals surface area contributed by atoms with E-state index in [1.807, 2.05) is 55.5 Å². The van der Waals surface area contributed by atoms with Crippen molar-refractivity contribution in [2.24, 2.45) is 0 Å². The van der Waals surface area contributed by atoms with Crippen LogP contribution in [0.5, 0.6) is 0 Å². The Morgan fingerprint density at radius 1 is 1.04 bits per heavy atom. The van der Waals surface area contributed by atoms with E-state index in [-0.39, 0.29) is 5.56 Å². The summed E-state index contributed by atoms with van der Waals surface area (Å²) < 4.78 is 3.60. The SMILES string of the molecule is Cc1cccc(=O)n1CCCNc1cc(-c2ccccc2)nc2ccnn12. The Morgan fingerprint density at radius 2 is 1.89 bits per heavy atom. The molecule has 0 radical (unpaired) electrons. The molecular formula is C21H21N5O. The topological polar surface area (TPSA) is 64.2 Å². The number of fused-ring (bicyclic) bond motifs is 1. The highest BCUT2D eigenvalue weighted by atomic mass is 16.1. The van der Waals surface area contributed by atoms with Gasteiger partial charge in [0.25, 0.3) is 5.56 Å². The van der Waals surface area contributed by atoms with E-state index < -0.39 is 0 Å². The van der Waals surface area contributed by atoms with Gasteiger partial charge < -0.3 is 9.88 Å². The lowest BCUT2D eigenvalue weighted by Gasteiger charge is -2.12. The van der Waals surface area contributed by atoms with Crippen molar-refractivity contribution in [1.29, 1.82) is 0 Å². The molecule has 0 atom stereocenters. The average molecular weight is 359 g/mol. The molecule has 0 bridgehead atoms. The third-order valence-electron chi connectivity index (χ3n) is 4.56. The minimum absolute atomic E-state index is 0.0414. The molecule has 6 heteroatoms. The molecule has 0 fully saturated rings. The van der Waals surface area contributed by atoms with Crippen molar-refractivity contribution in [3.63, 3.8) is 0 Å². The van der Waals surface area contributed by atoms with Crippen LogP contribution in [0.1, 0.15) is 12.1 Å². The zero-order valence-corrected chi connectivity index (χ0v) is 15.2. The normalized spacial score (nSPS) is 11.0. The van der Waals surface area contributed by atoms with Gasteiger partial charge in [0.05, 0.1) is 11.9 Å². The van der Waals surface area contributed by atoms with Gasteiger partial charge in [0, 0.05) is 42.5 Å². The molecule has 27 heavy (non-hydrogen) atoms. The second-order valence-electron chi connectivity index (χ2n) is 6.43. The maximum absolute atomic E-state index is 12.0. The molecule has 0 aliphatic heterocycles. The first-order chi connectivity index (χ1) is 13.2. The van der Waals surface area contributed by atoms with Crippen molar-refractivity contribution in [3.05, 3.63) is 82.9 Å². The van der Waals surface area contributed by atoms with E-state index in [2.05, 4.69) is 15.4 Å². The predicted octanol–water partition coefficient (Wildman–Crippen LogP) is 3.37. The van der Waals surface area contributed by atoms with E-state index in [0.29, 0.717) is 6.54 Å². The van der Waals surface area contributed by atoms with Crippen molar-refractivity contribution in [2.75, 3.05) is 11.9 Å². The summed E-state index contributed by atoms with van der Waals surface area (Å²) in [6, 6.07) is 19.3. The van der Waals surface area contributed by atoms with Crippen LogP contribution in [-0.4, -0.2) is 25.7 Å². The third kappa shape index (κ3) is 3.60. The molecule has 6 nitrogen and oxygen atoms in total. The van der Waals surface area contributed by atoms with Crippen LogP contribution in [0, 0.1) is 6.92 Å². The number of hydrogen-bond donors (Lipinski definition) is 1. The molecule has 4 aromatic rings. The number of aromatic nitrogens is 4. The lowest BCUT2D eigenvalue weighted by atomic mass is 10.1. The van der Waals surface area contributed by atoms with Crippen molar-refractivity contribution < 1.29 is 0 Å². The molecular weight excluding hydrogens is 338 g/mol. The Kier molecular flexibility index (Phi) is 4.70. The van der Waals surface area contributed by atoms with Crippen molar-refractivity contribution in [3.8, 4) is 11.3 Å². The molecule has 1 aromatic carbocycles. The third-order valence-corrected chi connectivity index (χ3v) is 4.56. The molecule has 4 rings (SSSR count). The average Bonchev–Trinajstić information content (AvgIpc) is 3.16. The molecule has 1 N–H and O–H groups in total. The second-order valence-corrected chi connectivity index (χ2v) is 6.43. The van der Waals surface area contributed by atoms with Gasteiger partial charge in [-0.15, -0.1) is 0 Å². The molecule has 0 unspecified atom stereocenters. The monoisotopic (exact) mass is 359 g/mol. The molecule has 3 aromatic heterocycles. The van der Waals surface area contributed by atoms with Crippen molar-refractivity contribution in [2.45, 2.75) is 19.9 Å². The van der Waals surface area contributed by atoms with Crippen LogP contribution in [0.4, 0.5) is 5.82 Å². The van der Waals surface area contributed by atoms with E-state index in [4.69, 9.17) is 0 Å². The fourth-order valence-electron chi connectivity index (χ4n) is 3.16. The molecule has 0 amide bonds. The summed E-state index contributed by atoms with van der Waals surface area (Å²) in [5, 5.41) is 7.79. The van der Waals surface area contributed by atoms with E-state index in [0.717, 1.165) is 41.4 Å². The van der Waals surface area contributed by atoms with Crippen LogP contribution in [0.3, 0.4) is 0 Å². The lowest BCUT2D eigenvalue weighted by Crippen LogP contribution is -2.22. The maximum atomic E-state index is 12.0. The summed E-state index contributed by atoms with van der Waals surface area (Å²) in [6.45, 7) is 3.36. The summed E-state index contributed by atoms with van der Waals surface area (Å²) in [6.07, 6.45) is 2.58. The Labute approximate surface area is 157 Å². The number of hydrogen-bond acceptors (Lipinski definition) is 4. The van der Waals surface area contributed by atoms with Crippen LogP contribution in [0.15, 0.2) is 71.7 Å². The zero-order valence-electron chi connectivity index (χ0n) is 15.2. The standard InChI is InChI=1S/C21H21N5O/c1-16-7-5-10-21(27)25(16)14-6-12-22-20-15-18(17-8-3-2-4-9-17)24-19-11-13-23-26(19)20/h2-5,7-11,13,15,22H,6,12,14H2,1H3. The Balaban J connectivity index is 1.52. The van der Waals surface area contributed by atoms with Crippen LogP contribution < -0.4 is 10.9 Å². The minimum Gasteiger partial charge on any atom is -0.370 e. The van der Waals surface area contributed by atoms with Crippen LogP contribution >= 0.6 is 0 Å². The van der Waals surface area contributed by atoms with Gasteiger partial charge in [0.1, 0.15) is 5.82 Å². The number of aryl methyl sites for hydroxylation is 1. The first-order valence-corrected chi connectivity index (χ1v) is 9.03. The first-order valence-electron chi connectivity index (χ1n) is 9.03. The fourth-order valence-corrected chi connectivity index (χ4v) is 3.16. The number of anilines is 1. The first kappa shape index (κ1) is 17.0. The van der Waals surface area contributed by atoms with E-state index in [9.17, 15) is 4.79 Å². The summed E-state index contributed by atoms with van der Waals surface area (Å²) in [4.78, 5) is 16.6. The van der Waals surface area contributed by atoms with E-state index in [1.54, 1.807) is 27.4 Å². The van der Waals surface area contributed by atoms with Crippen molar-refractivity contribution >= 4 is 11.5 Å². The molecule has 136 valence electrons. The predicted molar refractivity (Wildman–Crippen MR) is 107 cm³/mol. The van der Waals surface area contributed by atoms with Gasteiger partial charge in [0.15, 0.2) is 5.65 Å². The van der Waals surface area contributed by atoms with Gasteiger partial charge in [-0.25, -0.2) is 4.98 Å². The summed E-state index contributed by atoms with van der Waals surface area (Å²) in [5.74, 6) is 0.890. The number of nitrogens with zero attached hydrogens (tertiary/aromatic N) is 4. The lowest BCUT2D eigenvalue weighted by molar-refractivity contribution is 0.621. The molecule has 0 spiro atoms. The van der Waals surface area contributed by atoms with Crippen LogP contribution in [-0.2, 0) is 6.54 Å². The number of nitrogens with one attached hydrogen (secondary N) is 1. The van der Waals surface area contributed by atoms with Gasteiger partial charge in [-0.05, 0) is 19.4 Å². The van der Waals surface area contributed by atoms with Crippen LogP contribution in [0.25, 0.3) is 16.9 Å². The van der Waals surface area contributed by atoms with Crippen LogP contribution in [0.2, 0.25) is 0 Å². The summed E-state index contributed by atoms with van der Waals surface area (Å²) >= 11 is 0. The number of benzene rings is 1. The summed E-state index contributed by atoms with van der Waals surface area (Å²) in [7, 11) is 0. The smallest absolute Gasteiger partial charge is 0.250 e. The molecule has 0 aliphatic rings. The maximum Gasteiger partial charge on any atom is 0.250 e. The largest absolute Gasteiger partial charge is 0.370 e. The van der Waals surface area contributed by atoms with E-state index >= 15 is 0 Å². The van der Waals surface area contributed by atoms with Gasteiger partial charge in [-0.2, -0.15) is 9.61 Å². The Morgan fingerprint density at radius 3 is 2.70 bits per heavy atom. The quantitative estimate of drug-likeness (QED) is 0.536. The fraction of sp³-hybridized carbons (Fsp3) is 0.190. The number of rotatable bonds is 6. The van der Waals surface area contributed by atoms with Gasteiger partial charge in [-0.3, -0.25) is 4.79 Å². The molecule has 0 aliphatic carbocycles. The van der Waals surface area contributed by atoms with Crippen molar-refractivity contribution in [1.82, 2.24) is 19.2 Å². The van der Waals surface area contributed by atoms with E-state index in [1.165, 1.54) is 0 Å². The Hall–Kier alpha value is -3.41. The highest BCUT2D eigenvalue weighted by molar-refractivity contribution is 5.66. The minimum atomic E-state index is 0.0414. The molecule has 3 heterocycles. The van der Waals surface area contributed by atoms with Gasteiger partial charge in [-0.1, -0.05) is 36.4 Å². The molecule has 0 saturated heterocycles. The second kappa shape index (κ2) is 7.45. The summed E-state index contributed by atoms with van der Waals surface area (Å²) in [5.41, 5.74) is 3.79. The zero-order chi connectivity index (χ0) is 18.6. The van der Waals surface area contributed by atoms with Gasteiger partial charge >= 0.3 is 0 Å². The Bertz CT molecular complexity index is 1110. The molecule has 0 saturated carbocycles. The van der Waals surface area contributed by atoms with Gasteiger partial charge in [0.2, 0.25) is 0 Å². The highest BCUT2D eigenvalue weighted by Gasteiger charge is 2.08. The highest BCUT2D eigenvalue weighted by Crippen LogP contribution is 2.21.